The van der Waals surface area contributed by atoms with Gasteiger partial charge in [0.15, 0.2) is 17.4 Å². The van der Waals surface area contributed by atoms with E-state index in [1.54, 1.807) is 0 Å². The van der Waals surface area contributed by atoms with E-state index in [-0.39, 0.29) is 51.2 Å². The number of hydrogen-bond donors (Lipinski definition) is 3. The molecule has 4 unspecified atom stereocenters. The van der Waals surface area contributed by atoms with Crippen molar-refractivity contribution in [3.05, 3.63) is 35.0 Å². The minimum Gasteiger partial charge on any atom is -0.472 e. The highest BCUT2D eigenvalue weighted by Gasteiger charge is 2.51. The van der Waals surface area contributed by atoms with E-state index in [9.17, 15) is 18.0 Å². The number of rotatable bonds is 4. The second-order valence-corrected chi connectivity index (χ2v) is 10.9. The number of ether oxygens (including phenoxy) is 2. The van der Waals surface area contributed by atoms with Crippen LogP contribution in [0.4, 0.5) is 29.1 Å². The SMILES string of the molecule is CNC(=O)c1nc2c3c(nc(-c4cc(N)cc(F)c4OC(F)F)c(F)c3c1C)OC(C)C1C3CCC(C)(CN21)N3. The molecule has 212 valence electrons. The van der Waals surface area contributed by atoms with Gasteiger partial charge in [0.1, 0.15) is 23.3 Å². The Morgan fingerprint density at radius 3 is 2.75 bits per heavy atom. The number of aromatic nitrogens is 2. The molecule has 1 amide bonds. The Hall–Kier alpha value is -3.87. The maximum Gasteiger partial charge on any atom is 0.387 e. The average Bonchev–Trinajstić information content (AvgIpc) is 3.14. The van der Waals surface area contributed by atoms with Gasteiger partial charge in [0.05, 0.1) is 17.0 Å². The second-order valence-electron chi connectivity index (χ2n) is 10.9. The van der Waals surface area contributed by atoms with Gasteiger partial charge < -0.3 is 30.7 Å². The first-order chi connectivity index (χ1) is 18.9. The van der Waals surface area contributed by atoms with Gasteiger partial charge in [-0.05, 0) is 45.2 Å². The van der Waals surface area contributed by atoms with Gasteiger partial charge >= 0.3 is 6.61 Å². The Kier molecular flexibility index (Phi) is 5.98. The summed E-state index contributed by atoms with van der Waals surface area (Å²) < 4.78 is 68.8. The number of alkyl halides is 2. The van der Waals surface area contributed by atoms with Gasteiger partial charge in [-0.15, -0.1) is 0 Å². The van der Waals surface area contributed by atoms with Crippen LogP contribution in [0.25, 0.3) is 22.0 Å². The standard InChI is InChI=1S/C27H28F4N6O3/c1-10-16-17-23(34-19(10)24(38)33-4)37-9-27(3)6-5-15(36-27)21(37)11(2)39-25(17)35-20(18(16)29)13-7-12(32)8-14(28)22(13)40-26(30)31/h7-8,11,15,21,26,36H,5-6,9,32H2,1-4H3,(H,33,38). The van der Waals surface area contributed by atoms with Gasteiger partial charge in [0, 0.05) is 42.3 Å². The molecule has 0 aliphatic carbocycles. The van der Waals surface area contributed by atoms with E-state index in [2.05, 4.69) is 32.2 Å². The number of piperazine rings is 1. The van der Waals surface area contributed by atoms with Crippen LogP contribution in [0.2, 0.25) is 0 Å². The summed E-state index contributed by atoms with van der Waals surface area (Å²) in [6, 6.07) is 1.71. The molecule has 9 nitrogen and oxygen atoms in total. The van der Waals surface area contributed by atoms with Crippen LogP contribution in [0.15, 0.2) is 12.1 Å². The van der Waals surface area contributed by atoms with E-state index < -0.39 is 47.3 Å². The molecular formula is C27H28F4N6O3. The molecule has 3 aliphatic heterocycles. The van der Waals surface area contributed by atoms with Crippen molar-refractivity contribution in [1.29, 1.82) is 0 Å². The smallest absolute Gasteiger partial charge is 0.387 e. The Bertz CT molecular complexity index is 1570. The predicted molar refractivity (Wildman–Crippen MR) is 140 cm³/mol. The third-order valence-electron chi connectivity index (χ3n) is 8.13. The Balaban J connectivity index is 1.70. The number of carbonyl (C=O) groups is 1. The van der Waals surface area contributed by atoms with E-state index in [0.717, 1.165) is 25.0 Å². The van der Waals surface area contributed by atoms with Crippen LogP contribution in [0.5, 0.6) is 11.6 Å². The number of nitrogens with one attached hydrogen (secondary N) is 2. The number of nitrogens with zero attached hydrogens (tertiary/aromatic N) is 3. The minimum absolute atomic E-state index is 0.0147. The first kappa shape index (κ1) is 26.4. The molecule has 4 atom stereocenters. The van der Waals surface area contributed by atoms with Gasteiger partial charge in [-0.2, -0.15) is 8.78 Å². The van der Waals surface area contributed by atoms with Crippen LogP contribution in [0.3, 0.4) is 0 Å². The third-order valence-corrected chi connectivity index (χ3v) is 8.13. The van der Waals surface area contributed by atoms with Crippen molar-refractivity contribution in [2.75, 3.05) is 24.2 Å². The zero-order valence-electron chi connectivity index (χ0n) is 22.2. The number of anilines is 2. The zero-order valence-corrected chi connectivity index (χ0v) is 22.2. The fourth-order valence-electron chi connectivity index (χ4n) is 6.46. The molecule has 5 heterocycles. The van der Waals surface area contributed by atoms with Crippen LogP contribution in [0, 0.1) is 18.6 Å². The van der Waals surface area contributed by atoms with E-state index >= 15 is 4.39 Å². The predicted octanol–water partition coefficient (Wildman–Crippen LogP) is 3.91. The lowest BCUT2D eigenvalue weighted by molar-refractivity contribution is -0.0517. The minimum atomic E-state index is -3.39. The number of fused-ring (bicyclic) bond motifs is 5. The normalized spacial score (nSPS) is 25.0. The zero-order chi connectivity index (χ0) is 28.7. The molecule has 40 heavy (non-hydrogen) atoms. The second kappa shape index (κ2) is 9.08. The molecule has 0 radical (unpaired) electrons. The van der Waals surface area contributed by atoms with Crippen molar-refractivity contribution in [2.45, 2.75) is 64.0 Å². The monoisotopic (exact) mass is 560 g/mol. The first-order valence-corrected chi connectivity index (χ1v) is 12.9. The molecule has 3 aliphatic rings. The van der Waals surface area contributed by atoms with Crippen LogP contribution in [-0.2, 0) is 0 Å². The van der Waals surface area contributed by atoms with Crippen molar-refractivity contribution in [3.63, 3.8) is 0 Å². The van der Waals surface area contributed by atoms with Crippen molar-refractivity contribution in [2.24, 2.45) is 0 Å². The van der Waals surface area contributed by atoms with E-state index in [0.29, 0.717) is 12.4 Å². The lowest BCUT2D eigenvalue weighted by Gasteiger charge is -2.46. The molecule has 6 rings (SSSR count). The van der Waals surface area contributed by atoms with Crippen molar-refractivity contribution in [1.82, 2.24) is 20.6 Å². The fourth-order valence-corrected chi connectivity index (χ4v) is 6.46. The van der Waals surface area contributed by atoms with Crippen molar-refractivity contribution >= 4 is 28.2 Å². The molecule has 2 saturated heterocycles. The van der Waals surface area contributed by atoms with Crippen molar-refractivity contribution in [3.8, 4) is 22.9 Å². The van der Waals surface area contributed by atoms with Gasteiger partial charge in [0.2, 0.25) is 5.88 Å². The molecule has 2 fully saturated rings. The maximum absolute atomic E-state index is 16.6. The van der Waals surface area contributed by atoms with Gasteiger partial charge in [-0.1, -0.05) is 0 Å². The summed E-state index contributed by atoms with van der Waals surface area (Å²) in [7, 11) is 1.44. The highest BCUT2D eigenvalue weighted by Crippen LogP contribution is 2.48. The molecular weight excluding hydrogens is 532 g/mol. The topological polar surface area (TPSA) is 115 Å². The number of nitrogen functional groups attached to an aromatic ring is 1. The first-order valence-electron chi connectivity index (χ1n) is 12.9. The number of halogens is 4. The number of amides is 1. The third kappa shape index (κ3) is 3.89. The Morgan fingerprint density at radius 2 is 2.05 bits per heavy atom. The highest BCUT2D eigenvalue weighted by molar-refractivity contribution is 6.07. The van der Waals surface area contributed by atoms with E-state index in [1.165, 1.54) is 14.0 Å². The van der Waals surface area contributed by atoms with Crippen LogP contribution >= 0.6 is 0 Å². The van der Waals surface area contributed by atoms with Gasteiger partial charge in [-0.25, -0.2) is 18.7 Å². The summed E-state index contributed by atoms with van der Waals surface area (Å²) in [5.74, 6) is -3.31. The fraction of sp³-hybridized carbons (Fsp3) is 0.444. The van der Waals surface area contributed by atoms with E-state index in [1.807, 2.05) is 6.92 Å². The summed E-state index contributed by atoms with van der Waals surface area (Å²) >= 11 is 0. The van der Waals surface area contributed by atoms with Crippen molar-refractivity contribution < 1.29 is 31.8 Å². The largest absolute Gasteiger partial charge is 0.472 e. The maximum atomic E-state index is 16.6. The Labute approximate surface area is 227 Å². The summed E-state index contributed by atoms with van der Waals surface area (Å²) in [6.45, 7) is 2.62. The molecule has 1 aromatic carbocycles. The van der Waals surface area contributed by atoms with Gasteiger partial charge in [0.25, 0.3) is 5.91 Å². The van der Waals surface area contributed by atoms with E-state index in [4.69, 9.17) is 15.5 Å². The number of carbonyl (C=O) groups excluding carboxylic acids is 1. The lowest BCUT2D eigenvalue weighted by atomic mass is 9.95. The highest BCUT2D eigenvalue weighted by atomic mass is 19.3. The quantitative estimate of drug-likeness (QED) is 0.325. The lowest BCUT2D eigenvalue weighted by Crippen LogP contribution is -2.66. The molecule has 0 saturated carbocycles. The Morgan fingerprint density at radius 1 is 1.30 bits per heavy atom. The number of pyridine rings is 2. The molecule has 13 heteroatoms. The van der Waals surface area contributed by atoms with Crippen LogP contribution in [0.1, 0.15) is 42.7 Å². The summed E-state index contributed by atoms with van der Waals surface area (Å²) in [5.41, 5.74) is 4.67. The number of benzene rings is 1. The van der Waals surface area contributed by atoms with Crippen LogP contribution < -0.4 is 30.7 Å². The summed E-state index contributed by atoms with van der Waals surface area (Å²) in [6.07, 6.45) is 1.32. The summed E-state index contributed by atoms with van der Waals surface area (Å²) in [5, 5.41) is 6.41. The summed E-state index contributed by atoms with van der Waals surface area (Å²) in [4.78, 5) is 24.1. The number of nitrogens with two attached hydrogens (primary N) is 1. The molecule has 2 bridgehead atoms. The number of aryl methyl sites for hydroxylation is 1. The number of hydrogen-bond acceptors (Lipinski definition) is 8. The van der Waals surface area contributed by atoms with Gasteiger partial charge in [-0.3, -0.25) is 4.79 Å². The average molecular weight is 561 g/mol. The van der Waals surface area contributed by atoms with Crippen LogP contribution in [-0.4, -0.2) is 59.8 Å². The molecule has 0 spiro atoms. The molecule has 2 aromatic heterocycles. The molecule has 4 N–H and O–H groups in total. The molecule has 3 aromatic rings.